The SMILES string of the molecule is N#CC1(c2csc(-c3c[nH]c4ccccc34)n2)CC1. The molecule has 1 fully saturated rings. The van der Waals surface area contributed by atoms with Crippen LogP contribution in [0.5, 0.6) is 0 Å². The normalized spacial score (nSPS) is 16.4. The Morgan fingerprint density at radius 3 is 2.95 bits per heavy atom. The van der Waals surface area contributed by atoms with E-state index in [9.17, 15) is 5.26 Å². The zero-order valence-electron chi connectivity index (χ0n) is 10.2. The summed E-state index contributed by atoms with van der Waals surface area (Å²) in [5.74, 6) is 0. The van der Waals surface area contributed by atoms with Crippen molar-refractivity contribution in [3.05, 3.63) is 41.5 Å². The van der Waals surface area contributed by atoms with Crippen molar-refractivity contribution in [1.82, 2.24) is 9.97 Å². The Balaban J connectivity index is 1.83. The molecule has 3 nitrogen and oxygen atoms in total. The topological polar surface area (TPSA) is 52.5 Å². The molecule has 1 saturated carbocycles. The molecule has 2 heterocycles. The number of thiazole rings is 1. The van der Waals surface area contributed by atoms with Crippen molar-refractivity contribution in [3.63, 3.8) is 0 Å². The number of nitrogens with zero attached hydrogens (tertiary/aromatic N) is 2. The molecule has 0 spiro atoms. The molecule has 3 aromatic rings. The Morgan fingerprint density at radius 2 is 2.16 bits per heavy atom. The van der Waals surface area contributed by atoms with E-state index in [2.05, 4.69) is 28.2 Å². The van der Waals surface area contributed by atoms with Gasteiger partial charge in [-0.15, -0.1) is 11.3 Å². The summed E-state index contributed by atoms with van der Waals surface area (Å²) in [5.41, 5.74) is 2.90. The van der Waals surface area contributed by atoms with Crippen LogP contribution >= 0.6 is 11.3 Å². The molecule has 4 heteroatoms. The average Bonchev–Trinajstić information content (AvgIpc) is 2.90. The predicted octanol–water partition coefficient (Wildman–Crippen LogP) is 3.85. The van der Waals surface area contributed by atoms with Crippen LogP contribution in [0.2, 0.25) is 0 Å². The van der Waals surface area contributed by atoms with Crippen molar-refractivity contribution in [2.24, 2.45) is 0 Å². The van der Waals surface area contributed by atoms with Gasteiger partial charge in [0.2, 0.25) is 0 Å². The number of nitriles is 1. The molecule has 2 aromatic heterocycles. The van der Waals surface area contributed by atoms with Crippen LogP contribution in [-0.2, 0) is 5.41 Å². The Labute approximate surface area is 114 Å². The summed E-state index contributed by atoms with van der Waals surface area (Å²) >= 11 is 1.62. The van der Waals surface area contributed by atoms with Gasteiger partial charge >= 0.3 is 0 Å². The number of fused-ring (bicyclic) bond motifs is 1. The van der Waals surface area contributed by atoms with E-state index >= 15 is 0 Å². The van der Waals surface area contributed by atoms with E-state index in [4.69, 9.17) is 0 Å². The van der Waals surface area contributed by atoms with Gasteiger partial charge in [-0.25, -0.2) is 4.98 Å². The molecule has 0 bridgehead atoms. The fraction of sp³-hybridized carbons (Fsp3) is 0.200. The first kappa shape index (κ1) is 10.8. The second-order valence-corrected chi connectivity index (χ2v) is 5.84. The molecule has 19 heavy (non-hydrogen) atoms. The zero-order valence-corrected chi connectivity index (χ0v) is 11.0. The first-order valence-corrected chi connectivity index (χ1v) is 7.14. The molecule has 0 amide bonds. The van der Waals surface area contributed by atoms with Crippen molar-refractivity contribution in [2.75, 3.05) is 0 Å². The van der Waals surface area contributed by atoms with Crippen molar-refractivity contribution in [1.29, 1.82) is 5.26 Å². The number of H-pyrrole nitrogens is 1. The molecule has 1 aliphatic carbocycles. The summed E-state index contributed by atoms with van der Waals surface area (Å²) in [6.45, 7) is 0. The van der Waals surface area contributed by atoms with Crippen LogP contribution in [0.1, 0.15) is 18.5 Å². The van der Waals surface area contributed by atoms with Crippen LogP contribution in [0.15, 0.2) is 35.8 Å². The second-order valence-electron chi connectivity index (χ2n) is 4.98. The maximum Gasteiger partial charge on any atom is 0.125 e. The third kappa shape index (κ3) is 1.52. The number of rotatable bonds is 2. The van der Waals surface area contributed by atoms with Gasteiger partial charge in [0, 0.05) is 28.0 Å². The fourth-order valence-electron chi connectivity index (χ4n) is 2.42. The molecule has 4 rings (SSSR count). The van der Waals surface area contributed by atoms with Gasteiger partial charge in [-0.3, -0.25) is 0 Å². The van der Waals surface area contributed by atoms with Crippen molar-refractivity contribution in [3.8, 4) is 16.6 Å². The van der Waals surface area contributed by atoms with E-state index in [0.29, 0.717) is 0 Å². The smallest absolute Gasteiger partial charge is 0.125 e. The lowest BCUT2D eigenvalue weighted by Gasteiger charge is -1.98. The van der Waals surface area contributed by atoms with E-state index in [-0.39, 0.29) is 5.41 Å². The molecular weight excluding hydrogens is 254 g/mol. The van der Waals surface area contributed by atoms with Gasteiger partial charge in [0.1, 0.15) is 10.4 Å². The third-order valence-electron chi connectivity index (χ3n) is 3.78. The lowest BCUT2D eigenvalue weighted by molar-refractivity contribution is 0.869. The molecule has 0 atom stereocenters. The number of aromatic nitrogens is 2. The number of hydrogen-bond donors (Lipinski definition) is 1. The standard InChI is InChI=1S/C15H11N3S/c16-9-15(5-6-15)13-8-19-14(18-13)11-7-17-12-4-2-1-3-10(11)12/h1-4,7-8,17H,5-6H2. The molecule has 0 saturated heterocycles. The first-order chi connectivity index (χ1) is 9.32. The van der Waals surface area contributed by atoms with E-state index in [1.54, 1.807) is 11.3 Å². The summed E-state index contributed by atoms with van der Waals surface area (Å²) in [5, 5.41) is 13.4. The Hall–Kier alpha value is -2.12. The van der Waals surface area contributed by atoms with Gasteiger partial charge < -0.3 is 4.98 Å². The van der Waals surface area contributed by atoms with Crippen LogP contribution in [0, 0.1) is 11.3 Å². The molecule has 0 unspecified atom stereocenters. The first-order valence-electron chi connectivity index (χ1n) is 6.26. The van der Waals surface area contributed by atoms with Gasteiger partial charge in [-0.1, -0.05) is 18.2 Å². The highest BCUT2D eigenvalue weighted by atomic mass is 32.1. The number of hydrogen-bond acceptors (Lipinski definition) is 3. The lowest BCUT2D eigenvalue weighted by Crippen LogP contribution is -2.02. The average molecular weight is 265 g/mol. The minimum atomic E-state index is -0.291. The molecule has 1 N–H and O–H groups in total. The number of aromatic amines is 1. The fourth-order valence-corrected chi connectivity index (χ4v) is 3.36. The third-order valence-corrected chi connectivity index (χ3v) is 4.65. The summed E-state index contributed by atoms with van der Waals surface area (Å²) in [4.78, 5) is 7.95. The molecule has 92 valence electrons. The number of benzene rings is 1. The summed E-state index contributed by atoms with van der Waals surface area (Å²) in [6, 6.07) is 10.6. The maximum absolute atomic E-state index is 9.23. The van der Waals surface area contributed by atoms with Crippen LogP contribution in [0.25, 0.3) is 21.5 Å². The molecule has 1 aromatic carbocycles. The number of para-hydroxylation sites is 1. The van der Waals surface area contributed by atoms with Gasteiger partial charge in [0.25, 0.3) is 0 Å². The van der Waals surface area contributed by atoms with Gasteiger partial charge in [0.05, 0.1) is 11.8 Å². The van der Waals surface area contributed by atoms with Crippen LogP contribution in [-0.4, -0.2) is 9.97 Å². The molecule has 0 radical (unpaired) electrons. The van der Waals surface area contributed by atoms with E-state index in [1.807, 2.05) is 23.7 Å². The Morgan fingerprint density at radius 1 is 1.32 bits per heavy atom. The molecule has 0 aliphatic heterocycles. The Kier molecular flexibility index (Phi) is 2.09. The highest BCUT2D eigenvalue weighted by molar-refractivity contribution is 7.13. The molecule has 1 aliphatic rings. The van der Waals surface area contributed by atoms with Gasteiger partial charge in [0.15, 0.2) is 0 Å². The monoisotopic (exact) mass is 265 g/mol. The highest BCUT2D eigenvalue weighted by Crippen LogP contribution is 2.48. The lowest BCUT2D eigenvalue weighted by atomic mass is 10.1. The molecular formula is C15H11N3S. The largest absolute Gasteiger partial charge is 0.360 e. The van der Waals surface area contributed by atoms with Crippen molar-refractivity contribution >= 4 is 22.2 Å². The zero-order chi connectivity index (χ0) is 12.9. The van der Waals surface area contributed by atoms with Crippen LogP contribution in [0.3, 0.4) is 0 Å². The minimum absolute atomic E-state index is 0.291. The maximum atomic E-state index is 9.23. The Bertz CT molecular complexity index is 802. The minimum Gasteiger partial charge on any atom is -0.360 e. The van der Waals surface area contributed by atoms with E-state index in [0.717, 1.165) is 34.6 Å². The predicted molar refractivity (Wildman–Crippen MR) is 75.9 cm³/mol. The van der Waals surface area contributed by atoms with E-state index in [1.165, 1.54) is 5.39 Å². The quantitative estimate of drug-likeness (QED) is 0.765. The van der Waals surface area contributed by atoms with Crippen LogP contribution < -0.4 is 0 Å². The number of nitrogens with one attached hydrogen (secondary N) is 1. The van der Waals surface area contributed by atoms with E-state index < -0.39 is 0 Å². The summed E-state index contributed by atoms with van der Waals surface area (Å²) in [6.07, 6.45) is 3.89. The van der Waals surface area contributed by atoms with Crippen molar-refractivity contribution < 1.29 is 0 Å². The second kappa shape index (κ2) is 3.69. The van der Waals surface area contributed by atoms with Crippen LogP contribution in [0.4, 0.5) is 0 Å². The highest BCUT2D eigenvalue weighted by Gasteiger charge is 2.47. The van der Waals surface area contributed by atoms with Gasteiger partial charge in [-0.2, -0.15) is 5.26 Å². The summed E-state index contributed by atoms with van der Waals surface area (Å²) in [7, 11) is 0. The van der Waals surface area contributed by atoms with Gasteiger partial charge in [-0.05, 0) is 18.9 Å². The summed E-state index contributed by atoms with van der Waals surface area (Å²) < 4.78 is 0. The van der Waals surface area contributed by atoms with Crippen molar-refractivity contribution in [2.45, 2.75) is 18.3 Å².